The summed E-state index contributed by atoms with van der Waals surface area (Å²) < 4.78 is 6.10. The average molecular weight is 198 g/mol. The number of hydrogen-bond donors (Lipinski definition) is 1. The van der Waals surface area contributed by atoms with Gasteiger partial charge in [0.05, 0.1) is 26.0 Å². The van der Waals surface area contributed by atoms with Crippen LogP contribution in [0.5, 0.6) is 0 Å². The maximum absolute atomic E-state index is 11.1. The molecule has 14 heavy (non-hydrogen) atoms. The molecule has 1 aromatic rings. The highest BCUT2D eigenvalue weighted by Gasteiger charge is 2.20. The third-order valence-electron chi connectivity index (χ3n) is 1.98. The van der Waals surface area contributed by atoms with Crippen LogP contribution in [-0.2, 0) is 9.57 Å². The Bertz CT molecular complexity index is 331. The van der Waals surface area contributed by atoms with E-state index < -0.39 is 5.97 Å². The molecular formula is C7H10N4O3. The van der Waals surface area contributed by atoms with Crippen LogP contribution >= 0.6 is 0 Å². The largest absolute Gasteiger partial charge is 0.464 e. The molecule has 1 atom stereocenters. The van der Waals surface area contributed by atoms with Gasteiger partial charge in [0.1, 0.15) is 0 Å². The van der Waals surface area contributed by atoms with Gasteiger partial charge in [0.2, 0.25) is 0 Å². The number of aromatic nitrogens is 3. The molecule has 0 saturated carbocycles. The van der Waals surface area contributed by atoms with E-state index in [1.54, 1.807) is 10.9 Å². The fraction of sp³-hybridized carbons (Fsp3) is 0.571. The number of nitrogens with zero attached hydrogens (tertiary/aromatic N) is 3. The van der Waals surface area contributed by atoms with E-state index in [1.807, 2.05) is 0 Å². The molecule has 0 bridgehead atoms. The van der Waals surface area contributed by atoms with E-state index in [4.69, 9.17) is 4.84 Å². The van der Waals surface area contributed by atoms with Crippen LogP contribution in [0.2, 0.25) is 0 Å². The van der Waals surface area contributed by atoms with E-state index in [0.29, 0.717) is 13.2 Å². The summed E-state index contributed by atoms with van der Waals surface area (Å²) in [6.07, 6.45) is 1.55. The van der Waals surface area contributed by atoms with Crippen LogP contribution in [-0.4, -0.2) is 41.2 Å². The molecule has 0 radical (unpaired) electrons. The fourth-order valence-electron chi connectivity index (χ4n) is 1.19. The van der Waals surface area contributed by atoms with Crippen molar-refractivity contribution in [1.29, 1.82) is 0 Å². The first kappa shape index (κ1) is 9.10. The van der Waals surface area contributed by atoms with Gasteiger partial charge in [0, 0.05) is 6.54 Å². The molecule has 1 saturated heterocycles. The zero-order valence-corrected chi connectivity index (χ0v) is 7.64. The second kappa shape index (κ2) is 3.72. The number of nitrogens with one attached hydrogen (secondary N) is 1. The summed E-state index contributed by atoms with van der Waals surface area (Å²) in [6, 6.07) is 0.0842. The molecule has 1 aliphatic rings. The summed E-state index contributed by atoms with van der Waals surface area (Å²) in [6.45, 7) is 1.17. The maximum atomic E-state index is 11.1. The van der Waals surface area contributed by atoms with Crippen molar-refractivity contribution in [2.24, 2.45) is 0 Å². The molecule has 0 spiro atoms. The number of ether oxygens (including phenoxy) is 1. The second-order valence-electron chi connectivity index (χ2n) is 2.89. The van der Waals surface area contributed by atoms with Crippen molar-refractivity contribution >= 4 is 5.97 Å². The van der Waals surface area contributed by atoms with Gasteiger partial charge in [0.25, 0.3) is 0 Å². The first-order valence-electron chi connectivity index (χ1n) is 4.16. The van der Waals surface area contributed by atoms with Gasteiger partial charge >= 0.3 is 5.97 Å². The normalized spacial score (nSPS) is 21.1. The predicted octanol–water partition coefficient (Wildman–Crippen LogP) is -0.859. The van der Waals surface area contributed by atoms with Gasteiger partial charge in [-0.25, -0.2) is 15.0 Å². The number of hydroxylamine groups is 1. The quantitative estimate of drug-likeness (QED) is 0.623. The zero-order valence-electron chi connectivity index (χ0n) is 7.64. The van der Waals surface area contributed by atoms with Crippen molar-refractivity contribution in [3.05, 3.63) is 11.9 Å². The van der Waals surface area contributed by atoms with Crippen molar-refractivity contribution in [1.82, 2.24) is 20.5 Å². The molecule has 1 fully saturated rings. The van der Waals surface area contributed by atoms with E-state index >= 15 is 0 Å². The van der Waals surface area contributed by atoms with Crippen LogP contribution < -0.4 is 5.48 Å². The van der Waals surface area contributed by atoms with Crippen LogP contribution in [0.25, 0.3) is 0 Å². The lowest BCUT2D eigenvalue weighted by Crippen LogP contribution is -2.14. The SMILES string of the molecule is COC(=O)c1cn([C@H]2CNOC2)nn1. The third-order valence-corrected chi connectivity index (χ3v) is 1.98. The molecule has 0 unspecified atom stereocenters. The number of rotatable bonds is 2. The van der Waals surface area contributed by atoms with Crippen LogP contribution in [0.15, 0.2) is 6.20 Å². The minimum absolute atomic E-state index is 0.0842. The Kier molecular flexibility index (Phi) is 2.42. The van der Waals surface area contributed by atoms with Gasteiger partial charge < -0.3 is 4.74 Å². The molecule has 1 N–H and O–H groups in total. The highest BCUT2D eigenvalue weighted by Crippen LogP contribution is 2.09. The minimum Gasteiger partial charge on any atom is -0.464 e. The van der Waals surface area contributed by atoms with E-state index in [2.05, 4.69) is 20.5 Å². The third kappa shape index (κ3) is 1.59. The average Bonchev–Trinajstić information content (AvgIpc) is 2.86. The smallest absolute Gasteiger partial charge is 0.360 e. The van der Waals surface area contributed by atoms with Crippen LogP contribution in [0.1, 0.15) is 16.5 Å². The summed E-state index contributed by atoms with van der Waals surface area (Å²) in [7, 11) is 1.31. The predicted molar refractivity (Wildman–Crippen MR) is 44.4 cm³/mol. The van der Waals surface area contributed by atoms with Crippen LogP contribution in [0.3, 0.4) is 0 Å². The van der Waals surface area contributed by atoms with Crippen molar-refractivity contribution in [2.45, 2.75) is 6.04 Å². The Morgan fingerprint density at radius 1 is 1.86 bits per heavy atom. The molecule has 0 aromatic carbocycles. The van der Waals surface area contributed by atoms with Crippen molar-refractivity contribution in [3.8, 4) is 0 Å². The lowest BCUT2D eigenvalue weighted by Gasteiger charge is -2.03. The van der Waals surface area contributed by atoms with Gasteiger partial charge in [-0.2, -0.15) is 0 Å². The standard InChI is InChI=1S/C7H10N4O3/c1-13-7(12)6-3-11(10-9-6)5-2-8-14-4-5/h3,5,8H,2,4H2,1H3/t5-/m0/s1. The van der Waals surface area contributed by atoms with Gasteiger partial charge in [-0.1, -0.05) is 5.21 Å². The van der Waals surface area contributed by atoms with E-state index in [9.17, 15) is 4.79 Å². The number of esters is 1. The molecule has 1 aliphatic heterocycles. The molecule has 1 aromatic heterocycles. The van der Waals surface area contributed by atoms with E-state index in [-0.39, 0.29) is 11.7 Å². The number of carbonyl (C=O) groups excluding carboxylic acids is 1. The molecule has 2 rings (SSSR count). The highest BCUT2D eigenvalue weighted by atomic mass is 16.7. The highest BCUT2D eigenvalue weighted by molar-refractivity contribution is 5.86. The minimum atomic E-state index is -0.483. The Balaban J connectivity index is 2.12. The van der Waals surface area contributed by atoms with Crippen LogP contribution in [0.4, 0.5) is 0 Å². The summed E-state index contributed by atoms with van der Waals surface area (Å²) in [5.74, 6) is -0.483. The number of hydrogen-bond acceptors (Lipinski definition) is 6. The topological polar surface area (TPSA) is 78.3 Å². The summed E-state index contributed by atoms with van der Waals surface area (Å²) in [5, 5.41) is 7.50. The lowest BCUT2D eigenvalue weighted by molar-refractivity contribution is 0.0594. The first-order valence-corrected chi connectivity index (χ1v) is 4.16. The van der Waals surface area contributed by atoms with E-state index in [1.165, 1.54) is 7.11 Å². The molecule has 2 heterocycles. The monoisotopic (exact) mass is 198 g/mol. The Labute approximate surface area is 79.9 Å². The molecule has 7 nitrogen and oxygen atoms in total. The van der Waals surface area contributed by atoms with Crippen molar-refractivity contribution in [2.75, 3.05) is 20.3 Å². The molecule has 0 aliphatic carbocycles. The summed E-state index contributed by atoms with van der Waals surface area (Å²) in [5.41, 5.74) is 2.93. The van der Waals surface area contributed by atoms with Crippen molar-refractivity contribution in [3.63, 3.8) is 0 Å². The van der Waals surface area contributed by atoms with Gasteiger partial charge in [-0.05, 0) is 0 Å². The summed E-state index contributed by atoms with van der Waals surface area (Å²) in [4.78, 5) is 16.0. The molecule has 7 heteroatoms. The fourth-order valence-corrected chi connectivity index (χ4v) is 1.19. The summed E-state index contributed by atoms with van der Waals surface area (Å²) >= 11 is 0. The zero-order chi connectivity index (χ0) is 9.97. The van der Waals surface area contributed by atoms with Gasteiger partial charge in [-0.15, -0.1) is 5.10 Å². The number of carbonyl (C=O) groups is 1. The Hall–Kier alpha value is -1.47. The first-order chi connectivity index (χ1) is 6.81. The lowest BCUT2D eigenvalue weighted by atomic mass is 10.3. The van der Waals surface area contributed by atoms with E-state index in [0.717, 1.165) is 0 Å². The van der Waals surface area contributed by atoms with Gasteiger partial charge in [-0.3, -0.25) is 4.84 Å². The molecule has 0 amide bonds. The molecular weight excluding hydrogens is 188 g/mol. The van der Waals surface area contributed by atoms with Crippen LogP contribution in [0, 0.1) is 0 Å². The number of methoxy groups -OCH3 is 1. The second-order valence-corrected chi connectivity index (χ2v) is 2.89. The van der Waals surface area contributed by atoms with Crippen molar-refractivity contribution < 1.29 is 14.4 Å². The van der Waals surface area contributed by atoms with Gasteiger partial charge in [0.15, 0.2) is 5.69 Å². The Morgan fingerprint density at radius 3 is 3.36 bits per heavy atom. The molecule has 76 valence electrons. The Morgan fingerprint density at radius 2 is 2.71 bits per heavy atom. The maximum Gasteiger partial charge on any atom is 0.360 e.